The van der Waals surface area contributed by atoms with Gasteiger partial charge in [0.25, 0.3) is 5.56 Å². The van der Waals surface area contributed by atoms with Gasteiger partial charge in [0, 0.05) is 12.3 Å². The molecular formula is C23H27N5O5. The summed E-state index contributed by atoms with van der Waals surface area (Å²) in [6.45, 7) is 3.62. The zero-order valence-electron chi connectivity index (χ0n) is 19.0. The maximum atomic E-state index is 12.9. The molecule has 0 aliphatic rings. The van der Waals surface area contributed by atoms with Gasteiger partial charge in [-0.3, -0.25) is 23.9 Å². The number of rotatable bonds is 9. The lowest BCUT2D eigenvalue weighted by Crippen LogP contribution is -2.50. The largest absolute Gasteiger partial charge is 0.493 e. The summed E-state index contributed by atoms with van der Waals surface area (Å²) in [7, 11) is 2.96. The SMILES string of the molecule is COc1cc2ncn(CC(=O)N[C@H](C(=O)NCc3ccccn3)C(C)C)c(=O)c2cc1OC. The maximum absolute atomic E-state index is 12.9. The first kappa shape index (κ1) is 23.7. The van der Waals surface area contributed by atoms with Gasteiger partial charge in [-0.05, 0) is 24.1 Å². The average molecular weight is 453 g/mol. The van der Waals surface area contributed by atoms with Crippen LogP contribution in [0.25, 0.3) is 10.9 Å². The Morgan fingerprint density at radius 2 is 1.82 bits per heavy atom. The molecule has 10 heteroatoms. The molecule has 3 aromatic rings. The molecule has 0 spiro atoms. The first-order valence-electron chi connectivity index (χ1n) is 10.4. The fourth-order valence-electron chi connectivity index (χ4n) is 3.30. The number of fused-ring (bicyclic) bond motifs is 1. The van der Waals surface area contributed by atoms with Gasteiger partial charge in [0.15, 0.2) is 11.5 Å². The Morgan fingerprint density at radius 1 is 1.09 bits per heavy atom. The van der Waals surface area contributed by atoms with Crippen molar-refractivity contribution in [3.8, 4) is 11.5 Å². The molecule has 2 N–H and O–H groups in total. The van der Waals surface area contributed by atoms with E-state index in [2.05, 4.69) is 20.6 Å². The van der Waals surface area contributed by atoms with Crippen LogP contribution in [0.3, 0.4) is 0 Å². The summed E-state index contributed by atoms with van der Waals surface area (Å²) in [5.74, 6) is -0.143. The maximum Gasteiger partial charge on any atom is 0.261 e. The lowest BCUT2D eigenvalue weighted by molar-refractivity contribution is -0.130. The number of pyridine rings is 1. The highest BCUT2D eigenvalue weighted by Crippen LogP contribution is 2.29. The summed E-state index contributed by atoms with van der Waals surface area (Å²) >= 11 is 0. The second-order valence-corrected chi connectivity index (χ2v) is 7.73. The highest BCUT2D eigenvalue weighted by molar-refractivity contribution is 5.88. The van der Waals surface area contributed by atoms with Crippen LogP contribution in [0.2, 0.25) is 0 Å². The number of benzene rings is 1. The van der Waals surface area contributed by atoms with Crippen molar-refractivity contribution in [3.05, 3.63) is 58.9 Å². The monoisotopic (exact) mass is 453 g/mol. The van der Waals surface area contributed by atoms with E-state index in [9.17, 15) is 14.4 Å². The summed E-state index contributed by atoms with van der Waals surface area (Å²) in [4.78, 5) is 46.7. The molecule has 0 bridgehead atoms. The first-order chi connectivity index (χ1) is 15.8. The van der Waals surface area contributed by atoms with Crippen molar-refractivity contribution in [2.75, 3.05) is 14.2 Å². The molecule has 0 saturated heterocycles. The molecule has 2 amide bonds. The fourth-order valence-corrected chi connectivity index (χ4v) is 3.30. The highest BCUT2D eigenvalue weighted by atomic mass is 16.5. The second-order valence-electron chi connectivity index (χ2n) is 7.73. The van der Waals surface area contributed by atoms with Gasteiger partial charge >= 0.3 is 0 Å². The zero-order valence-corrected chi connectivity index (χ0v) is 19.0. The lowest BCUT2D eigenvalue weighted by atomic mass is 10.0. The van der Waals surface area contributed by atoms with Crippen molar-refractivity contribution >= 4 is 22.7 Å². The number of carbonyl (C=O) groups is 2. The minimum absolute atomic E-state index is 0.166. The van der Waals surface area contributed by atoms with Crippen LogP contribution in [0.15, 0.2) is 47.7 Å². The lowest BCUT2D eigenvalue weighted by Gasteiger charge is -2.22. The van der Waals surface area contributed by atoms with Crippen LogP contribution in [-0.4, -0.2) is 46.6 Å². The first-order valence-corrected chi connectivity index (χ1v) is 10.4. The predicted octanol–water partition coefficient (Wildman–Crippen LogP) is 1.27. The van der Waals surface area contributed by atoms with Crippen LogP contribution in [0.5, 0.6) is 11.5 Å². The van der Waals surface area contributed by atoms with Crippen LogP contribution in [0.4, 0.5) is 0 Å². The van der Waals surface area contributed by atoms with E-state index in [-0.39, 0.29) is 30.3 Å². The molecule has 1 atom stereocenters. The number of ether oxygens (including phenoxy) is 2. The molecule has 3 rings (SSSR count). The van der Waals surface area contributed by atoms with Crippen LogP contribution in [-0.2, 0) is 22.7 Å². The van der Waals surface area contributed by atoms with E-state index in [1.54, 1.807) is 24.4 Å². The van der Waals surface area contributed by atoms with Gasteiger partial charge in [-0.1, -0.05) is 19.9 Å². The van der Waals surface area contributed by atoms with Gasteiger partial charge in [-0.15, -0.1) is 0 Å². The Morgan fingerprint density at radius 3 is 2.45 bits per heavy atom. The van der Waals surface area contributed by atoms with Crippen molar-refractivity contribution in [1.82, 2.24) is 25.2 Å². The predicted molar refractivity (Wildman–Crippen MR) is 122 cm³/mol. The van der Waals surface area contributed by atoms with Gasteiger partial charge in [0.1, 0.15) is 12.6 Å². The molecule has 0 fully saturated rings. The van der Waals surface area contributed by atoms with Crippen molar-refractivity contribution in [3.63, 3.8) is 0 Å². The number of hydrogen-bond acceptors (Lipinski definition) is 7. The Kier molecular flexibility index (Phi) is 7.60. The standard InChI is InChI=1S/C23H27N5O5/c1-14(2)21(22(30)25-11-15-7-5-6-8-24-15)27-20(29)12-28-13-26-17-10-19(33-4)18(32-3)9-16(17)23(28)31/h5-10,13-14,21H,11-12H2,1-4H3,(H,25,30)(H,27,29)/t21-/m0/s1. The van der Waals surface area contributed by atoms with Crippen molar-refractivity contribution < 1.29 is 19.1 Å². The van der Waals surface area contributed by atoms with E-state index < -0.39 is 17.5 Å². The van der Waals surface area contributed by atoms with Crippen LogP contribution >= 0.6 is 0 Å². The number of carbonyl (C=O) groups excluding carboxylic acids is 2. The number of amides is 2. The van der Waals surface area contributed by atoms with Crippen molar-refractivity contribution in [2.24, 2.45) is 5.92 Å². The normalized spacial score (nSPS) is 11.8. The molecule has 0 aliphatic heterocycles. The summed E-state index contributed by atoms with van der Waals surface area (Å²) < 4.78 is 11.7. The van der Waals surface area contributed by atoms with E-state index >= 15 is 0 Å². The molecule has 2 heterocycles. The van der Waals surface area contributed by atoms with E-state index in [4.69, 9.17) is 9.47 Å². The number of aromatic nitrogens is 3. The van der Waals surface area contributed by atoms with Gasteiger partial charge in [-0.2, -0.15) is 0 Å². The fraction of sp³-hybridized carbons (Fsp3) is 0.348. The van der Waals surface area contributed by atoms with Gasteiger partial charge in [0.2, 0.25) is 11.8 Å². The molecule has 0 aliphatic carbocycles. The highest BCUT2D eigenvalue weighted by Gasteiger charge is 2.24. The van der Waals surface area contributed by atoms with Crippen LogP contribution < -0.4 is 25.7 Å². The molecule has 174 valence electrons. The summed E-state index contributed by atoms with van der Waals surface area (Å²) in [5, 5.41) is 5.79. The average Bonchev–Trinajstić information content (AvgIpc) is 2.82. The zero-order chi connectivity index (χ0) is 24.0. The van der Waals surface area contributed by atoms with E-state index in [1.165, 1.54) is 31.2 Å². The van der Waals surface area contributed by atoms with E-state index in [0.29, 0.717) is 22.7 Å². The second kappa shape index (κ2) is 10.6. The topological polar surface area (TPSA) is 124 Å². The Bertz CT molecular complexity index is 1190. The third-order valence-corrected chi connectivity index (χ3v) is 5.08. The number of nitrogens with one attached hydrogen (secondary N) is 2. The molecular weight excluding hydrogens is 426 g/mol. The van der Waals surface area contributed by atoms with Crippen LogP contribution in [0, 0.1) is 5.92 Å². The smallest absolute Gasteiger partial charge is 0.261 e. The molecule has 33 heavy (non-hydrogen) atoms. The number of hydrogen-bond donors (Lipinski definition) is 2. The summed E-state index contributed by atoms with van der Waals surface area (Å²) in [5.41, 5.74) is 0.723. The van der Waals surface area contributed by atoms with E-state index in [0.717, 1.165) is 0 Å². The Hall–Kier alpha value is -3.95. The van der Waals surface area contributed by atoms with Gasteiger partial charge < -0.3 is 20.1 Å². The van der Waals surface area contributed by atoms with Crippen molar-refractivity contribution in [1.29, 1.82) is 0 Å². The van der Waals surface area contributed by atoms with Crippen molar-refractivity contribution in [2.45, 2.75) is 33.0 Å². The molecule has 10 nitrogen and oxygen atoms in total. The molecule has 0 saturated carbocycles. The molecule has 2 aromatic heterocycles. The molecule has 0 radical (unpaired) electrons. The van der Waals surface area contributed by atoms with Gasteiger partial charge in [0.05, 0.1) is 43.7 Å². The molecule has 0 unspecified atom stereocenters. The number of nitrogens with zero attached hydrogens (tertiary/aromatic N) is 3. The summed E-state index contributed by atoms with van der Waals surface area (Å²) in [6, 6.07) is 7.78. The third kappa shape index (κ3) is 5.65. The quantitative estimate of drug-likeness (QED) is 0.500. The Balaban J connectivity index is 1.73. The molecule has 1 aromatic carbocycles. The number of methoxy groups -OCH3 is 2. The Labute approximate surface area is 190 Å². The minimum Gasteiger partial charge on any atom is -0.493 e. The minimum atomic E-state index is -0.769. The van der Waals surface area contributed by atoms with E-state index in [1.807, 2.05) is 19.9 Å². The van der Waals surface area contributed by atoms with Gasteiger partial charge in [-0.25, -0.2) is 4.98 Å². The van der Waals surface area contributed by atoms with Crippen LogP contribution in [0.1, 0.15) is 19.5 Å². The summed E-state index contributed by atoms with van der Waals surface area (Å²) in [6.07, 6.45) is 2.94. The third-order valence-electron chi connectivity index (χ3n) is 5.08.